The van der Waals surface area contributed by atoms with Crippen molar-refractivity contribution >= 4 is 22.2 Å². The smallest absolute Gasteiger partial charge is 0.256 e. The topological polar surface area (TPSA) is 83.2 Å². The number of benzene rings is 2. The van der Waals surface area contributed by atoms with E-state index in [0.717, 1.165) is 41.5 Å². The Bertz CT molecular complexity index is 1360. The molecule has 5 aromatic rings. The van der Waals surface area contributed by atoms with Crippen LogP contribution in [0.15, 0.2) is 69.9 Å². The van der Waals surface area contributed by atoms with Crippen LogP contribution in [-0.2, 0) is 4.74 Å². The van der Waals surface area contributed by atoms with Crippen molar-refractivity contribution in [3.63, 3.8) is 0 Å². The van der Waals surface area contributed by atoms with Crippen molar-refractivity contribution in [2.75, 3.05) is 6.61 Å². The SMILES string of the molecule is c1ccc2c(Oc3ccc(-c4noc(C5CCCO5)n4)cc3)nc(-c3ccsc3)nc2c1. The Kier molecular flexibility index (Phi) is 4.86. The minimum absolute atomic E-state index is 0.0951. The first kappa shape index (κ1) is 19.1. The van der Waals surface area contributed by atoms with Crippen LogP contribution in [0.2, 0.25) is 0 Å². The normalized spacial score (nSPS) is 15.9. The van der Waals surface area contributed by atoms with Gasteiger partial charge in [0.2, 0.25) is 11.7 Å². The first-order valence-corrected chi connectivity index (χ1v) is 11.3. The second kappa shape index (κ2) is 8.14. The number of para-hydroxylation sites is 1. The van der Waals surface area contributed by atoms with Crippen LogP contribution in [0.1, 0.15) is 24.8 Å². The van der Waals surface area contributed by atoms with Crippen LogP contribution in [0, 0.1) is 0 Å². The molecule has 1 fully saturated rings. The fourth-order valence-corrected chi connectivity index (χ4v) is 4.32. The van der Waals surface area contributed by atoms with Crippen molar-refractivity contribution in [1.29, 1.82) is 0 Å². The van der Waals surface area contributed by atoms with E-state index in [1.54, 1.807) is 11.3 Å². The van der Waals surface area contributed by atoms with E-state index in [-0.39, 0.29) is 6.10 Å². The summed E-state index contributed by atoms with van der Waals surface area (Å²) in [5.41, 5.74) is 2.65. The van der Waals surface area contributed by atoms with Gasteiger partial charge in [0, 0.05) is 23.1 Å². The van der Waals surface area contributed by atoms with E-state index in [0.29, 0.717) is 29.2 Å². The van der Waals surface area contributed by atoms with Gasteiger partial charge in [-0.2, -0.15) is 21.3 Å². The summed E-state index contributed by atoms with van der Waals surface area (Å²) in [6.07, 6.45) is 1.83. The summed E-state index contributed by atoms with van der Waals surface area (Å²) in [6.45, 7) is 0.736. The van der Waals surface area contributed by atoms with Gasteiger partial charge in [-0.15, -0.1) is 0 Å². The lowest BCUT2D eigenvalue weighted by Gasteiger charge is -2.10. The third-order valence-electron chi connectivity index (χ3n) is 5.32. The Morgan fingerprint density at radius 3 is 2.62 bits per heavy atom. The second-order valence-corrected chi connectivity index (χ2v) is 8.25. The molecule has 0 amide bonds. The summed E-state index contributed by atoms with van der Waals surface area (Å²) in [5, 5.41) is 8.99. The molecule has 0 bridgehead atoms. The average molecular weight is 443 g/mol. The quantitative estimate of drug-likeness (QED) is 0.327. The van der Waals surface area contributed by atoms with Gasteiger partial charge in [0.25, 0.3) is 5.89 Å². The maximum Gasteiger partial charge on any atom is 0.256 e. The molecule has 0 N–H and O–H groups in total. The molecule has 0 saturated carbocycles. The molecule has 158 valence electrons. The lowest BCUT2D eigenvalue weighted by molar-refractivity contribution is 0.0835. The standard InChI is InChI=1S/C24H18N4O3S/c1-2-5-19-18(4-1)23(26-21(25-19)16-11-13-32-14-16)30-17-9-7-15(8-10-17)22-27-24(31-28-22)20-6-3-12-29-20/h1-2,4-5,7-11,13-14,20H,3,6,12H2. The summed E-state index contributed by atoms with van der Waals surface area (Å²) in [7, 11) is 0. The molecule has 7 nitrogen and oxygen atoms in total. The first-order chi connectivity index (χ1) is 15.8. The van der Waals surface area contributed by atoms with E-state index < -0.39 is 0 Å². The lowest BCUT2D eigenvalue weighted by atomic mass is 10.2. The van der Waals surface area contributed by atoms with Crippen molar-refractivity contribution in [3.05, 3.63) is 71.2 Å². The minimum Gasteiger partial charge on any atom is -0.438 e. The number of thiophene rings is 1. The number of hydrogen-bond donors (Lipinski definition) is 0. The zero-order chi connectivity index (χ0) is 21.3. The highest BCUT2D eigenvalue weighted by Crippen LogP contribution is 2.32. The van der Waals surface area contributed by atoms with E-state index in [2.05, 4.69) is 20.1 Å². The third-order valence-corrected chi connectivity index (χ3v) is 6.00. The van der Waals surface area contributed by atoms with Crippen molar-refractivity contribution in [1.82, 2.24) is 20.1 Å². The molecule has 1 saturated heterocycles. The van der Waals surface area contributed by atoms with Gasteiger partial charge in [-0.25, -0.2) is 4.98 Å². The van der Waals surface area contributed by atoms with Gasteiger partial charge in [-0.05, 0) is 60.7 Å². The fourth-order valence-electron chi connectivity index (χ4n) is 3.69. The van der Waals surface area contributed by atoms with Crippen molar-refractivity contribution in [3.8, 4) is 34.4 Å². The number of fused-ring (bicyclic) bond motifs is 1. The Labute approximate surface area is 187 Å². The summed E-state index contributed by atoms with van der Waals surface area (Å²) in [4.78, 5) is 13.9. The zero-order valence-corrected chi connectivity index (χ0v) is 17.8. The Morgan fingerprint density at radius 2 is 1.81 bits per heavy atom. The highest BCUT2D eigenvalue weighted by molar-refractivity contribution is 7.08. The summed E-state index contributed by atoms with van der Waals surface area (Å²) < 4.78 is 17.2. The Hall–Kier alpha value is -3.62. The molecule has 3 aromatic heterocycles. The second-order valence-electron chi connectivity index (χ2n) is 7.47. The van der Waals surface area contributed by atoms with Gasteiger partial charge >= 0.3 is 0 Å². The number of nitrogens with zero attached hydrogens (tertiary/aromatic N) is 4. The van der Waals surface area contributed by atoms with E-state index in [4.69, 9.17) is 14.0 Å². The maximum absolute atomic E-state index is 6.18. The zero-order valence-electron chi connectivity index (χ0n) is 17.0. The first-order valence-electron chi connectivity index (χ1n) is 10.4. The van der Waals surface area contributed by atoms with Crippen LogP contribution in [0.5, 0.6) is 11.6 Å². The Morgan fingerprint density at radius 1 is 0.906 bits per heavy atom. The van der Waals surface area contributed by atoms with Crippen LogP contribution in [0.25, 0.3) is 33.7 Å². The van der Waals surface area contributed by atoms with Gasteiger partial charge in [0.05, 0.1) is 10.9 Å². The molecule has 1 unspecified atom stereocenters. The molecule has 32 heavy (non-hydrogen) atoms. The third kappa shape index (κ3) is 3.63. The number of rotatable bonds is 5. The van der Waals surface area contributed by atoms with Crippen LogP contribution in [-0.4, -0.2) is 26.7 Å². The van der Waals surface area contributed by atoms with Crippen molar-refractivity contribution < 1.29 is 14.0 Å². The molecule has 2 aromatic carbocycles. The van der Waals surface area contributed by atoms with Gasteiger partial charge in [0.1, 0.15) is 11.9 Å². The van der Waals surface area contributed by atoms with Gasteiger partial charge in [-0.1, -0.05) is 17.3 Å². The molecule has 1 atom stereocenters. The Balaban J connectivity index is 1.29. The highest BCUT2D eigenvalue weighted by atomic mass is 32.1. The van der Waals surface area contributed by atoms with E-state index >= 15 is 0 Å². The van der Waals surface area contributed by atoms with Gasteiger partial charge in [-0.3, -0.25) is 0 Å². The van der Waals surface area contributed by atoms with E-state index in [9.17, 15) is 0 Å². The van der Waals surface area contributed by atoms with E-state index in [1.807, 2.05) is 65.4 Å². The number of aromatic nitrogens is 4. The summed E-state index contributed by atoms with van der Waals surface area (Å²) in [5.74, 6) is 2.90. The summed E-state index contributed by atoms with van der Waals surface area (Å²) >= 11 is 1.61. The number of ether oxygens (including phenoxy) is 2. The maximum atomic E-state index is 6.18. The van der Waals surface area contributed by atoms with Crippen LogP contribution >= 0.6 is 11.3 Å². The molecular formula is C24H18N4O3S. The summed E-state index contributed by atoms with van der Waals surface area (Å²) in [6, 6.07) is 17.4. The van der Waals surface area contributed by atoms with E-state index in [1.165, 1.54) is 0 Å². The molecular weight excluding hydrogens is 424 g/mol. The molecule has 4 heterocycles. The lowest BCUT2D eigenvalue weighted by Crippen LogP contribution is -1.96. The largest absolute Gasteiger partial charge is 0.438 e. The van der Waals surface area contributed by atoms with Gasteiger partial charge < -0.3 is 14.0 Å². The molecule has 1 aliphatic rings. The molecule has 8 heteroatoms. The van der Waals surface area contributed by atoms with Crippen molar-refractivity contribution in [2.24, 2.45) is 0 Å². The molecule has 0 radical (unpaired) electrons. The molecule has 6 rings (SSSR count). The van der Waals surface area contributed by atoms with Crippen LogP contribution < -0.4 is 4.74 Å². The van der Waals surface area contributed by atoms with Crippen LogP contribution in [0.3, 0.4) is 0 Å². The average Bonchev–Trinajstić information content (AvgIpc) is 3.62. The minimum atomic E-state index is -0.0951. The molecule has 1 aliphatic heterocycles. The van der Waals surface area contributed by atoms with Crippen molar-refractivity contribution in [2.45, 2.75) is 18.9 Å². The fraction of sp³-hybridized carbons (Fsp3) is 0.167. The monoisotopic (exact) mass is 442 g/mol. The molecule has 0 aliphatic carbocycles. The highest BCUT2D eigenvalue weighted by Gasteiger charge is 2.24. The molecule has 0 spiro atoms. The van der Waals surface area contributed by atoms with Gasteiger partial charge in [0.15, 0.2) is 5.82 Å². The number of hydrogen-bond acceptors (Lipinski definition) is 8. The predicted octanol–water partition coefficient (Wildman–Crippen LogP) is 6.05. The van der Waals surface area contributed by atoms with Crippen LogP contribution in [0.4, 0.5) is 0 Å². The predicted molar refractivity (Wildman–Crippen MR) is 121 cm³/mol.